The molecule has 1 aliphatic carbocycles. The van der Waals surface area contributed by atoms with Crippen molar-refractivity contribution in [2.45, 2.75) is 58.4 Å². The lowest BCUT2D eigenvalue weighted by atomic mass is 9.84. The van der Waals surface area contributed by atoms with Crippen LogP contribution in [0.5, 0.6) is 0 Å². The van der Waals surface area contributed by atoms with E-state index in [1.54, 1.807) is 0 Å². The number of hydrogen-bond donors (Lipinski definition) is 0. The van der Waals surface area contributed by atoms with Crippen LogP contribution in [0.1, 0.15) is 52.4 Å². The molecule has 0 radical (unpaired) electrons. The molecular weight excluding hydrogens is 262 g/mol. The first kappa shape index (κ1) is 12.9. The van der Waals surface area contributed by atoms with Crippen molar-refractivity contribution < 1.29 is 0 Å². The van der Waals surface area contributed by atoms with E-state index < -0.39 is 0 Å². The zero-order valence-corrected chi connectivity index (χ0v) is 12.4. The molecule has 2 atom stereocenters. The van der Waals surface area contributed by atoms with Gasteiger partial charge < -0.3 is 0 Å². The SMILES string of the molecule is CC1CCCN(CC2(CBr)CCCC2)C1C. The van der Waals surface area contributed by atoms with E-state index in [0.29, 0.717) is 5.41 Å². The molecule has 1 saturated carbocycles. The summed E-state index contributed by atoms with van der Waals surface area (Å²) in [5.41, 5.74) is 0.602. The first-order valence-corrected chi connectivity index (χ1v) is 8.09. The third kappa shape index (κ3) is 2.64. The van der Waals surface area contributed by atoms with Crippen molar-refractivity contribution in [2.75, 3.05) is 18.4 Å². The number of rotatable bonds is 3. The van der Waals surface area contributed by atoms with Crippen LogP contribution in [0.25, 0.3) is 0 Å². The minimum atomic E-state index is 0.602. The van der Waals surface area contributed by atoms with E-state index in [-0.39, 0.29) is 0 Å². The molecule has 0 amide bonds. The van der Waals surface area contributed by atoms with Crippen LogP contribution in [0.15, 0.2) is 0 Å². The molecule has 0 aromatic rings. The lowest BCUT2D eigenvalue weighted by Gasteiger charge is -2.43. The Morgan fingerprint density at radius 2 is 1.88 bits per heavy atom. The maximum absolute atomic E-state index is 3.77. The lowest BCUT2D eigenvalue weighted by molar-refractivity contribution is 0.0702. The van der Waals surface area contributed by atoms with Crippen molar-refractivity contribution in [2.24, 2.45) is 11.3 Å². The fraction of sp³-hybridized carbons (Fsp3) is 1.00. The second-order valence-corrected chi connectivity index (χ2v) is 6.73. The first-order valence-electron chi connectivity index (χ1n) is 6.97. The maximum Gasteiger partial charge on any atom is 0.0100 e. The minimum absolute atomic E-state index is 0.602. The van der Waals surface area contributed by atoms with Gasteiger partial charge in [0.05, 0.1) is 0 Å². The van der Waals surface area contributed by atoms with Crippen LogP contribution in [0, 0.1) is 11.3 Å². The Labute approximate surface area is 109 Å². The molecule has 2 unspecified atom stereocenters. The monoisotopic (exact) mass is 287 g/mol. The average molecular weight is 288 g/mol. The summed E-state index contributed by atoms with van der Waals surface area (Å²) in [6, 6.07) is 0.797. The van der Waals surface area contributed by atoms with E-state index in [0.717, 1.165) is 12.0 Å². The third-order valence-corrected chi connectivity index (χ3v) is 6.18. The topological polar surface area (TPSA) is 3.24 Å². The van der Waals surface area contributed by atoms with Crippen molar-refractivity contribution in [1.29, 1.82) is 0 Å². The number of likely N-dealkylation sites (tertiary alicyclic amines) is 1. The van der Waals surface area contributed by atoms with E-state index in [4.69, 9.17) is 0 Å². The van der Waals surface area contributed by atoms with Crippen molar-refractivity contribution in [3.8, 4) is 0 Å². The maximum atomic E-state index is 3.77. The van der Waals surface area contributed by atoms with Gasteiger partial charge in [-0.3, -0.25) is 4.90 Å². The van der Waals surface area contributed by atoms with Crippen molar-refractivity contribution in [1.82, 2.24) is 4.90 Å². The fourth-order valence-corrected chi connectivity index (χ4v) is 4.27. The molecule has 2 rings (SSSR count). The summed E-state index contributed by atoms with van der Waals surface area (Å²) >= 11 is 3.77. The summed E-state index contributed by atoms with van der Waals surface area (Å²) < 4.78 is 0. The molecule has 0 aromatic heterocycles. The molecule has 1 saturated heterocycles. The molecular formula is C14H26BrN. The highest BCUT2D eigenvalue weighted by Crippen LogP contribution is 2.41. The minimum Gasteiger partial charge on any atom is -0.300 e. The quantitative estimate of drug-likeness (QED) is 0.708. The molecule has 16 heavy (non-hydrogen) atoms. The van der Waals surface area contributed by atoms with Gasteiger partial charge in [-0.05, 0) is 50.5 Å². The molecule has 0 bridgehead atoms. The highest BCUT2D eigenvalue weighted by Gasteiger charge is 2.37. The number of hydrogen-bond acceptors (Lipinski definition) is 1. The second kappa shape index (κ2) is 5.39. The van der Waals surface area contributed by atoms with Crippen LogP contribution >= 0.6 is 15.9 Å². The highest BCUT2D eigenvalue weighted by molar-refractivity contribution is 9.09. The standard InChI is InChI=1S/C14H26BrN/c1-12-6-5-9-16(13(12)2)11-14(10-15)7-3-4-8-14/h12-13H,3-11H2,1-2H3. The Kier molecular flexibility index (Phi) is 4.34. The van der Waals surface area contributed by atoms with Gasteiger partial charge in [0.2, 0.25) is 0 Å². The summed E-state index contributed by atoms with van der Waals surface area (Å²) in [7, 11) is 0. The van der Waals surface area contributed by atoms with Gasteiger partial charge in [-0.1, -0.05) is 35.7 Å². The summed E-state index contributed by atoms with van der Waals surface area (Å²) in [6.07, 6.45) is 8.61. The predicted octanol–water partition coefficient (Wildman–Crippen LogP) is 4.06. The molecule has 2 fully saturated rings. The number of alkyl halides is 1. The first-order chi connectivity index (χ1) is 7.67. The van der Waals surface area contributed by atoms with Crippen LogP contribution in [0.2, 0.25) is 0 Å². The van der Waals surface area contributed by atoms with Crippen LogP contribution < -0.4 is 0 Å². The molecule has 2 aliphatic rings. The number of halogens is 1. The summed E-state index contributed by atoms with van der Waals surface area (Å²) in [5.74, 6) is 0.891. The summed E-state index contributed by atoms with van der Waals surface area (Å²) in [5, 5.41) is 1.21. The average Bonchev–Trinajstić information content (AvgIpc) is 2.74. The van der Waals surface area contributed by atoms with Crippen LogP contribution in [0.4, 0.5) is 0 Å². The van der Waals surface area contributed by atoms with Crippen molar-refractivity contribution in [3.63, 3.8) is 0 Å². The van der Waals surface area contributed by atoms with Gasteiger partial charge in [0.1, 0.15) is 0 Å². The van der Waals surface area contributed by atoms with E-state index in [1.807, 2.05) is 0 Å². The van der Waals surface area contributed by atoms with E-state index in [9.17, 15) is 0 Å². The normalized spacial score (nSPS) is 35.4. The zero-order chi connectivity index (χ0) is 11.6. The van der Waals surface area contributed by atoms with Gasteiger partial charge in [0.25, 0.3) is 0 Å². The molecule has 0 aromatic carbocycles. The van der Waals surface area contributed by atoms with Gasteiger partial charge in [0, 0.05) is 17.9 Å². The van der Waals surface area contributed by atoms with Gasteiger partial charge in [-0.15, -0.1) is 0 Å². The van der Waals surface area contributed by atoms with Gasteiger partial charge >= 0.3 is 0 Å². The Morgan fingerprint density at radius 1 is 1.19 bits per heavy atom. The van der Waals surface area contributed by atoms with Crippen molar-refractivity contribution >= 4 is 15.9 Å². The Hall–Kier alpha value is 0.440. The Morgan fingerprint density at radius 3 is 2.50 bits per heavy atom. The van der Waals surface area contributed by atoms with Crippen LogP contribution in [-0.2, 0) is 0 Å². The van der Waals surface area contributed by atoms with Gasteiger partial charge in [0.15, 0.2) is 0 Å². The van der Waals surface area contributed by atoms with E-state index in [2.05, 4.69) is 34.7 Å². The number of piperidine rings is 1. The molecule has 94 valence electrons. The van der Waals surface area contributed by atoms with E-state index >= 15 is 0 Å². The molecule has 0 spiro atoms. The van der Waals surface area contributed by atoms with Gasteiger partial charge in [-0.2, -0.15) is 0 Å². The predicted molar refractivity (Wildman–Crippen MR) is 74.1 cm³/mol. The second-order valence-electron chi connectivity index (χ2n) is 6.17. The third-order valence-electron chi connectivity index (χ3n) is 4.99. The smallest absolute Gasteiger partial charge is 0.0100 e. The van der Waals surface area contributed by atoms with Crippen LogP contribution in [-0.4, -0.2) is 29.4 Å². The molecule has 2 heteroatoms. The Bertz CT molecular complexity index is 223. The van der Waals surface area contributed by atoms with Gasteiger partial charge in [-0.25, -0.2) is 0 Å². The highest BCUT2D eigenvalue weighted by atomic mass is 79.9. The molecule has 1 aliphatic heterocycles. The van der Waals surface area contributed by atoms with Crippen LogP contribution in [0.3, 0.4) is 0 Å². The summed E-state index contributed by atoms with van der Waals surface area (Å²) in [6.45, 7) is 7.52. The number of nitrogens with zero attached hydrogens (tertiary/aromatic N) is 1. The summed E-state index contributed by atoms with van der Waals surface area (Å²) in [4.78, 5) is 2.76. The molecule has 1 heterocycles. The van der Waals surface area contributed by atoms with E-state index in [1.165, 1.54) is 56.9 Å². The zero-order valence-electron chi connectivity index (χ0n) is 10.8. The largest absolute Gasteiger partial charge is 0.300 e. The van der Waals surface area contributed by atoms with Crippen molar-refractivity contribution in [3.05, 3.63) is 0 Å². The lowest BCUT2D eigenvalue weighted by Crippen LogP contribution is -2.47. The molecule has 1 nitrogen and oxygen atoms in total. The molecule has 0 N–H and O–H groups in total. The fourth-order valence-electron chi connectivity index (χ4n) is 3.53. The Balaban J connectivity index is 1.96.